The van der Waals surface area contributed by atoms with E-state index in [1.165, 1.54) is 4.31 Å². The lowest BCUT2D eigenvalue weighted by molar-refractivity contribution is -0.120. The Bertz CT molecular complexity index is 1010. The molecule has 8 heteroatoms. The van der Waals surface area contributed by atoms with Crippen molar-refractivity contribution in [1.29, 1.82) is 0 Å². The number of nitrogens with zero attached hydrogens (tertiary/aromatic N) is 1. The number of benzene rings is 2. The molecule has 2 aromatic carbocycles. The van der Waals surface area contributed by atoms with E-state index < -0.39 is 15.9 Å². The van der Waals surface area contributed by atoms with Gasteiger partial charge in [-0.1, -0.05) is 47.0 Å². The molecule has 1 fully saturated rings. The van der Waals surface area contributed by atoms with Gasteiger partial charge in [0.2, 0.25) is 15.9 Å². The molecule has 0 bridgehead atoms. The average Bonchev–Trinajstić information content (AvgIpc) is 2.63. The van der Waals surface area contributed by atoms with Crippen LogP contribution in [0.4, 0.5) is 5.69 Å². The lowest BCUT2D eigenvalue weighted by Gasteiger charge is -2.32. The van der Waals surface area contributed by atoms with Crippen LogP contribution in [-0.2, 0) is 14.8 Å². The Hall–Kier alpha value is -1.60. The Labute approximate surface area is 182 Å². The normalized spacial score (nSPS) is 17.9. The highest BCUT2D eigenvalue weighted by Crippen LogP contribution is 2.32. The van der Waals surface area contributed by atoms with E-state index in [0.29, 0.717) is 40.0 Å². The maximum atomic E-state index is 13.3. The lowest BCUT2D eigenvalue weighted by Crippen LogP contribution is -2.44. The van der Waals surface area contributed by atoms with E-state index in [1.54, 1.807) is 32.0 Å². The number of anilines is 1. The first-order valence-corrected chi connectivity index (χ1v) is 11.6. The Kier molecular flexibility index (Phi) is 6.58. The highest BCUT2D eigenvalue weighted by atomic mass is 35.5. The largest absolute Gasteiger partial charge is 0.323 e. The van der Waals surface area contributed by atoms with Gasteiger partial charge in [0.15, 0.2) is 0 Å². The van der Waals surface area contributed by atoms with Crippen molar-refractivity contribution < 1.29 is 13.2 Å². The summed E-state index contributed by atoms with van der Waals surface area (Å²) in [6.45, 7) is 6.08. The van der Waals surface area contributed by atoms with Crippen molar-refractivity contribution in [2.45, 2.75) is 38.5 Å². The molecule has 0 unspecified atom stereocenters. The smallest absolute Gasteiger partial charge is 0.243 e. The summed E-state index contributed by atoms with van der Waals surface area (Å²) in [5.41, 5.74) is 2.81. The average molecular weight is 455 g/mol. The molecule has 0 radical (unpaired) electrons. The number of amides is 1. The molecule has 1 amide bonds. The summed E-state index contributed by atoms with van der Waals surface area (Å²) in [5, 5.41) is 3.45. The van der Waals surface area contributed by atoms with Crippen molar-refractivity contribution in [3.63, 3.8) is 0 Å². The molecule has 29 heavy (non-hydrogen) atoms. The Morgan fingerprint density at radius 2 is 1.69 bits per heavy atom. The fourth-order valence-electron chi connectivity index (χ4n) is 3.92. The van der Waals surface area contributed by atoms with Crippen LogP contribution in [0.2, 0.25) is 10.0 Å². The van der Waals surface area contributed by atoms with Crippen molar-refractivity contribution in [3.8, 4) is 0 Å². The molecule has 1 aliphatic rings. The second-order valence-corrected chi connectivity index (χ2v) is 10.2. The van der Waals surface area contributed by atoms with Gasteiger partial charge >= 0.3 is 0 Å². The predicted molar refractivity (Wildman–Crippen MR) is 117 cm³/mol. The maximum Gasteiger partial charge on any atom is 0.243 e. The first-order chi connectivity index (χ1) is 13.6. The molecule has 0 saturated carbocycles. The summed E-state index contributed by atoms with van der Waals surface area (Å²) < 4.78 is 28.1. The third-order valence-electron chi connectivity index (χ3n) is 5.17. The minimum absolute atomic E-state index is 0.128. The van der Waals surface area contributed by atoms with Crippen molar-refractivity contribution in [2.75, 3.05) is 18.4 Å². The van der Waals surface area contributed by atoms with Crippen molar-refractivity contribution in [3.05, 3.63) is 57.1 Å². The topological polar surface area (TPSA) is 66.5 Å². The molecule has 1 atom stereocenters. The Balaban J connectivity index is 1.83. The number of nitrogens with one attached hydrogen (secondary N) is 1. The van der Waals surface area contributed by atoms with E-state index in [-0.39, 0.29) is 12.5 Å². The summed E-state index contributed by atoms with van der Waals surface area (Å²) >= 11 is 12.3. The summed E-state index contributed by atoms with van der Waals surface area (Å²) in [7, 11) is -3.69. The van der Waals surface area contributed by atoms with E-state index in [1.807, 2.05) is 19.1 Å². The van der Waals surface area contributed by atoms with Crippen molar-refractivity contribution in [1.82, 2.24) is 4.31 Å². The summed E-state index contributed by atoms with van der Waals surface area (Å²) in [6.07, 6.45) is 1.21. The van der Waals surface area contributed by atoms with Gasteiger partial charge < -0.3 is 5.32 Å². The molecule has 0 aliphatic carbocycles. The van der Waals surface area contributed by atoms with Gasteiger partial charge in [0.1, 0.15) is 0 Å². The van der Waals surface area contributed by atoms with Crippen LogP contribution in [0, 0.1) is 26.7 Å². The first-order valence-electron chi connectivity index (χ1n) is 9.44. The predicted octanol–water partition coefficient (Wildman–Crippen LogP) is 4.96. The first kappa shape index (κ1) is 22.1. The van der Waals surface area contributed by atoms with Gasteiger partial charge in [0.05, 0.1) is 26.5 Å². The van der Waals surface area contributed by atoms with Gasteiger partial charge in [0.25, 0.3) is 0 Å². The third kappa shape index (κ3) is 4.61. The number of hydrogen-bond donors (Lipinski definition) is 1. The van der Waals surface area contributed by atoms with Crippen LogP contribution in [0.15, 0.2) is 35.2 Å². The van der Waals surface area contributed by atoms with Crippen LogP contribution in [0.1, 0.15) is 29.5 Å². The standard InChI is InChI=1S/C21H24Cl2N2O3S/c1-13-10-14(2)20(15(3)11-13)29(27,28)25-9-5-6-16(12-25)21(26)24-19-17(22)7-4-8-18(19)23/h4,7-8,10-11,16H,5-6,9,12H2,1-3H3,(H,24,26)/t16-/m1/s1. The van der Waals surface area contributed by atoms with Gasteiger partial charge in [-0.15, -0.1) is 0 Å². The SMILES string of the molecule is Cc1cc(C)c(S(=O)(=O)N2CCC[C@@H](C(=O)Nc3c(Cl)cccc3Cl)C2)c(C)c1. The monoisotopic (exact) mass is 454 g/mol. The van der Waals surface area contributed by atoms with Crippen LogP contribution in [-0.4, -0.2) is 31.7 Å². The van der Waals surface area contributed by atoms with Crippen LogP contribution < -0.4 is 5.32 Å². The molecule has 3 rings (SSSR count). The molecular formula is C21H24Cl2N2O3S. The van der Waals surface area contributed by atoms with E-state index in [4.69, 9.17) is 23.2 Å². The van der Waals surface area contributed by atoms with Crippen LogP contribution in [0.25, 0.3) is 0 Å². The van der Waals surface area contributed by atoms with E-state index in [0.717, 1.165) is 16.7 Å². The lowest BCUT2D eigenvalue weighted by atomic mass is 9.98. The number of halogens is 2. The molecule has 0 spiro atoms. The number of rotatable bonds is 4. The molecule has 1 N–H and O–H groups in total. The second kappa shape index (κ2) is 8.64. The molecule has 0 aromatic heterocycles. The fraction of sp³-hybridized carbons (Fsp3) is 0.381. The summed E-state index contributed by atoms with van der Waals surface area (Å²) in [6, 6.07) is 8.72. The Morgan fingerprint density at radius 1 is 1.10 bits per heavy atom. The van der Waals surface area contributed by atoms with Gasteiger partial charge in [0, 0.05) is 13.1 Å². The number of sulfonamides is 1. The molecular weight excluding hydrogens is 431 g/mol. The molecule has 2 aromatic rings. The highest BCUT2D eigenvalue weighted by Gasteiger charge is 2.35. The van der Waals surface area contributed by atoms with Crippen molar-refractivity contribution in [2.24, 2.45) is 5.92 Å². The number of aryl methyl sites for hydroxylation is 3. The minimum Gasteiger partial charge on any atom is -0.323 e. The number of carbonyl (C=O) groups is 1. The zero-order chi connectivity index (χ0) is 21.3. The van der Waals surface area contributed by atoms with Crippen LogP contribution in [0.5, 0.6) is 0 Å². The minimum atomic E-state index is -3.69. The second-order valence-electron chi connectivity index (χ2n) is 7.52. The molecule has 1 saturated heterocycles. The van der Waals surface area contributed by atoms with Gasteiger partial charge in [-0.3, -0.25) is 4.79 Å². The number of hydrogen-bond acceptors (Lipinski definition) is 3. The fourth-order valence-corrected chi connectivity index (χ4v) is 6.35. The summed E-state index contributed by atoms with van der Waals surface area (Å²) in [4.78, 5) is 13.1. The molecule has 5 nitrogen and oxygen atoms in total. The zero-order valence-corrected chi connectivity index (χ0v) is 19.0. The van der Waals surface area contributed by atoms with Crippen LogP contribution >= 0.6 is 23.2 Å². The van der Waals surface area contributed by atoms with E-state index in [9.17, 15) is 13.2 Å². The van der Waals surface area contributed by atoms with Crippen molar-refractivity contribution >= 4 is 44.8 Å². The van der Waals surface area contributed by atoms with E-state index >= 15 is 0 Å². The number of carbonyl (C=O) groups excluding carboxylic acids is 1. The van der Waals surface area contributed by atoms with E-state index in [2.05, 4.69) is 5.32 Å². The third-order valence-corrected chi connectivity index (χ3v) is 7.97. The number of para-hydroxylation sites is 1. The molecule has 156 valence electrons. The Morgan fingerprint density at radius 3 is 2.28 bits per heavy atom. The van der Waals surface area contributed by atoms with Gasteiger partial charge in [-0.05, 0) is 56.9 Å². The zero-order valence-electron chi connectivity index (χ0n) is 16.6. The molecule has 1 aliphatic heterocycles. The number of piperidine rings is 1. The quantitative estimate of drug-likeness (QED) is 0.709. The summed E-state index contributed by atoms with van der Waals surface area (Å²) in [5.74, 6) is -0.755. The highest BCUT2D eigenvalue weighted by molar-refractivity contribution is 7.89. The van der Waals surface area contributed by atoms with Gasteiger partial charge in [-0.2, -0.15) is 4.31 Å². The van der Waals surface area contributed by atoms with Crippen LogP contribution in [0.3, 0.4) is 0 Å². The van der Waals surface area contributed by atoms with Gasteiger partial charge in [-0.25, -0.2) is 8.42 Å². The molecule has 1 heterocycles. The maximum absolute atomic E-state index is 13.3.